The van der Waals surface area contributed by atoms with Crippen molar-refractivity contribution in [2.45, 2.75) is 30.5 Å². The van der Waals surface area contributed by atoms with Gasteiger partial charge in [-0.3, -0.25) is 14.5 Å². The Morgan fingerprint density at radius 1 is 1.06 bits per heavy atom. The maximum atomic E-state index is 13.8. The summed E-state index contributed by atoms with van der Waals surface area (Å²) < 4.78 is 16.1. The molecule has 32 heavy (non-hydrogen) atoms. The standard InChI is InChI=1S/C24H23NO6S/c1-15-14-32-22-19(30-3)21(27)25(22)24(15,20(26)17-7-5-4-6-8-17)23(28)31-13-16-9-11-18(29-2)12-10-16/h4-12,14,19,22H,13H2,1-3H3/t19-,22+,24?/m0/s1. The molecule has 0 spiro atoms. The van der Waals surface area contributed by atoms with Gasteiger partial charge >= 0.3 is 5.97 Å². The third-order valence-electron chi connectivity index (χ3n) is 5.75. The number of thioether (sulfide) groups is 1. The number of nitrogens with zero attached hydrogens (tertiary/aromatic N) is 1. The lowest BCUT2D eigenvalue weighted by Crippen LogP contribution is -2.77. The lowest BCUT2D eigenvalue weighted by atomic mass is 9.78. The van der Waals surface area contributed by atoms with E-state index in [4.69, 9.17) is 14.2 Å². The number of ether oxygens (including phenoxy) is 3. The Morgan fingerprint density at radius 3 is 2.38 bits per heavy atom. The van der Waals surface area contributed by atoms with Crippen LogP contribution in [0, 0.1) is 0 Å². The zero-order valence-corrected chi connectivity index (χ0v) is 18.8. The first-order chi connectivity index (χ1) is 15.4. The van der Waals surface area contributed by atoms with Crippen molar-refractivity contribution in [1.29, 1.82) is 0 Å². The largest absolute Gasteiger partial charge is 0.497 e. The second-order valence-electron chi connectivity index (χ2n) is 7.52. The van der Waals surface area contributed by atoms with Gasteiger partial charge in [0.2, 0.25) is 11.3 Å². The van der Waals surface area contributed by atoms with Crippen molar-refractivity contribution in [3.8, 4) is 5.75 Å². The maximum absolute atomic E-state index is 13.8. The van der Waals surface area contributed by atoms with E-state index >= 15 is 0 Å². The average Bonchev–Trinajstić information content (AvgIpc) is 2.83. The molecule has 1 amide bonds. The Kier molecular flexibility index (Phi) is 6.08. The molecule has 7 nitrogen and oxygen atoms in total. The first-order valence-corrected chi connectivity index (χ1v) is 11.0. The summed E-state index contributed by atoms with van der Waals surface area (Å²) in [4.78, 5) is 41.7. The molecule has 2 aromatic carbocycles. The minimum Gasteiger partial charge on any atom is -0.497 e. The van der Waals surface area contributed by atoms with Crippen LogP contribution in [0.15, 0.2) is 65.6 Å². The van der Waals surface area contributed by atoms with Crippen LogP contribution in [0.25, 0.3) is 0 Å². The van der Waals surface area contributed by atoms with E-state index < -0.39 is 34.7 Å². The van der Waals surface area contributed by atoms with Crippen molar-refractivity contribution in [1.82, 2.24) is 4.90 Å². The van der Waals surface area contributed by atoms with Crippen LogP contribution in [-0.4, -0.2) is 53.8 Å². The van der Waals surface area contributed by atoms with Gasteiger partial charge in [-0.1, -0.05) is 42.5 Å². The van der Waals surface area contributed by atoms with E-state index in [1.807, 2.05) is 0 Å². The van der Waals surface area contributed by atoms with Crippen LogP contribution in [0.3, 0.4) is 0 Å². The topological polar surface area (TPSA) is 82.1 Å². The van der Waals surface area contributed by atoms with E-state index in [0.717, 1.165) is 5.56 Å². The highest BCUT2D eigenvalue weighted by atomic mass is 32.2. The predicted octanol–water partition coefficient (Wildman–Crippen LogP) is 3.19. The number of fused-ring (bicyclic) bond motifs is 1. The molecule has 3 atom stereocenters. The number of amides is 1. The smallest absolute Gasteiger partial charge is 0.345 e. The third kappa shape index (κ3) is 3.40. The van der Waals surface area contributed by atoms with Gasteiger partial charge in [0, 0.05) is 12.7 Å². The number of carbonyl (C=O) groups is 3. The van der Waals surface area contributed by atoms with Crippen molar-refractivity contribution in [2.24, 2.45) is 0 Å². The molecular weight excluding hydrogens is 430 g/mol. The number of ketones is 1. The van der Waals surface area contributed by atoms with Gasteiger partial charge in [-0.25, -0.2) is 4.79 Å². The highest BCUT2D eigenvalue weighted by molar-refractivity contribution is 8.03. The van der Waals surface area contributed by atoms with E-state index in [1.54, 1.807) is 74.0 Å². The lowest BCUT2D eigenvalue weighted by Gasteiger charge is -2.55. The number of carbonyl (C=O) groups excluding carboxylic acids is 3. The fourth-order valence-electron chi connectivity index (χ4n) is 4.00. The average molecular weight is 454 g/mol. The Bertz CT molecular complexity index is 1070. The van der Waals surface area contributed by atoms with E-state index in [1.165, 1.54) is 23.8 Å². The second-order valence-corrected chi connectivity index (χ2v) is 8.51. The number of rotatable bonds is 7. The molecule has 0 N–H and O–H groups in total. The Balaban J connectivity index is 1.71. The van der Waals surface area contributed by atoms with E-state index in [9.17, 15) is 14.4 Å². The van der Waals surface area contributed by atoms with Gasteiger partial charge in [0.1, 0.15) is 17.7 Å². The highest BCUT2D eigenvalue weighted by Crippen LogP contribution is 2.48. The van der Waals surface area contributed by atoms with E-state index in [2.05, 4.69) is 0 Å². The van der Waals surface area contributed by atoms with Crippen LogP contribution in [-0.2, 0) is 25.7 Å². The summed E-state index contributed by atoms with van der Waals surface area (Å²) in [7, 11) is 3.01. The zero-order chi connectivity index (χ0) is 22.9. The second kappa shape index (κ2) is 8.80. The minimum atomic E-state index is -1.88. The van der Waals surface area contributed by atoms with Crippen molar-refractivity contribution in [2.75, 3.05) is 14.2 Å². The number of hydrogen-bond acceptors (Lipinski definition) is 7. The van der Waals surface area contributed by atoms with E-state index in [-0.39, 0.29) is 6.61 Å². The number of hydrogen-bond donors (Lipinski definition) is 0. The summed E-state index contributed by atoms with van der Waals surface area (Å²) in [5.74, 6) is -1.02. The Hall–Kier alpha value is -3.10. The maximum Gasteiger partial charge on any atom is 0.345 e. The first-order valence-electron chi connectivity index (χ1n) is 10.0. The Morgan fingerprint density at radius 2 is 1.75 bits per heavy atom. The fourth-order valence-corrected chi connectivity index (χ4v) is 5.27. The highest BCUT2D eigenvalue weighted by Gasteiger charge is 2.67. The molecule has 1 unspecified atom stereocenters. The van der Waals surface area contributed by atoms with Crippen LogP contribution >= 0.6 is 11.8 Å². The summed E-state index contributed by atoms with van der Waals surface area (Å²) >= 11 is 1.35. The molecule has 1 saturated heterocycles. The molecule has 2 heterocycles. The summed E-state index contributed by atoms with van der Waals surface area (Å²) in [6, 6.07) is 15.5. The van der Waals surface area contributed by atoms with Crippen LogP contribution in [0.2, 0.25) is 0 Å². The van der Waals surface area contributed by atoms with Gasteiger partial charge in [-0.05, 0) is 35.6 Å². The first kappa shape index (κ1) is 22.1. The molecule has 2 aliphatic heterocycles. The molecule has 0 aliphatic carbocycles. The fraction of sp³-hybridized carbons (Fsp3) is 0.292. The predicted molar refractivity (Wildman–Crippen MR) is 119 cm³/mol. The summed E-state index contributed by atoms with van der Waals surface area (Å²) in [5.41, 5.74) is -0.388. The molecule has 8 heteroatoms. The molecule has 1 fully saturated rings. The number of esters is 1. The van der Waals surface area contributed by atoms with E-state index in [0.29, 0.717) is 16.9 Å². The van der Waals surface area contributed by atoms with Gasteiger partial charge in [0.25, 0.3) is 5.91 Å². The molecule has 2 aromatic rings. The number of benzene rings is 2. The molecular formula is C24H23NO6S. The SMILES string of the molecule is COc1ccc(COC(=O)C2(C(=O)c3ccccc3)C(C)=CS[C@@H]3[C@@H](OC)C(=O)N32)cc1. The number of β-lactam (4-membered cyclic amide) rings is 1. The zero-order valence-electron chi connectivity index (χ0n) is 17.9. The van der Waals surface area contributed by atoms with Crippen LogP contribution < -0.4 is 4.74 Å². The molecule has 166 valence electrons. The van der Waals surface area contributed by atoms with Crippen molar-refractivity contribution in [3.63, 3.8) is 0 Å². The summed E-state index contributed by atoms with van der Waals surface area (Å²) in [5, 5.41) is 1.26. The van der Waals surface area contributed by atoms with Crippen LogP contribution in [0.5, 0.6) is 5.75 Å². The van der Waals surface area contributed by atoms with Gasteiger partial charge in [-0.2, -0.15) is 0 Å². The van der Waals surface area contributed by atoms with Gasteiger partial charge in [0.15, 0.2) is 6.10 Å². The Labute approximate surface area is 190 Å². The minimum absolute atomic E-state index is 0.0481. The quantitative estimate of drug-likeness (QED) is 0.276. The molecule has 0 aromatic heterocycles. The summed E-state index contributed by atoms with van der Waals surface area (Å²) in [6.07, 6.45) is -0.721. The van der Waals surface area contributed by atoms with Gasteiger partial charge in [-0.15, -0.1) is 11.8 Å². The molecule has 0 radical (unpaired) electrons. The van der Waals surface area contributed by atoms with Crippen molar-refractivity contribution >= 4 is 29.4 Å². The monoisotopic (exact) mass is 453 g/mol. The normalized spacial score (nSPS) is 24.2. The summed E-state index contributed by atoms with van der Waals surface area (Å²) in [6.45, 7) is 1.62. The third-order valence-corrected chi connectivity index (χ3v) is 6.98. The molecule has 0 saturated carbocycles. The van der Waals surface area contributed by atoms with Crippen LogP contribution in [0.4, 0.5) is 0 Å². The molecule has 4 rings (SSSR count). The number of methoxy groups -OCH3 is 2. The van der Waals surface area contributed by atoms with Crippen molar-refractivity contribution in [3.05, 3.63) is 76.7 Å². The lowest BCUT2D eigenvalue weighted by molar-refractivity contribution is -0.180. The van der Waals surface area contributed by atoms with Crippen molar-refractivity contribution < 1.29 is 28.6 Å². The van der Waals surface area contributed by atoms with Gasteiger partial charge in [0.05, 0.1) is 7.11 Å². The molecule has 0 bridgehead atoms. The van der Waals surface area contributed by atoms with Crippen LogP contribution in [0.1, 0.15) is 22.8 Å². The molecule has 2 aliphatic rings. The van der Waals surface area contributed by atoms with Gasteiger partial charge < -0.3 is 14.2 Å². The number of Topliss-reactive ketones (excluding diaryl/α,β-unsaturated/α-hetero) is 1.